The molecule has 0 saturated carbocycles. The van der Waals surface area contributed by atoms with E-state index in [1.165, 1.54) is 19.1 Å². The van der Waals surface area contributed by atoms with Gasteiger partial charge in [0.05, 0.1) is 15.2 Å². The zero-order chi connectivity index (χ0) is 25.2. The van der Waals surface area contributed by atoms with Gasteiger partial charge in [-0.15, -0.1) is 11.3 Å². The first-order chi connectivity index (χ1) is 17.4. The molecule has 0 fully saturated rings. The minimum atomic E-state index is -1.02. The fraction of sp³-hybridized carbons (Fsp3) is 0.179. The lowest BCUT2D eigenvalue weighted by molar-refractivity contribution is -0.153. The molecule has 180 valence electrons. The van der Waals surface area contributed by atoms with Gasteiger partial charge in [0, 0.05) is 34.4 Å². The Morgan fingerprint density at radius 1 is 0.917 bits per heavy atom. The van der Waals surface area contributed by atoms with Crippen LogP contribution in [0, 0.1) is 0 Å². The summed E-state index contributed by atoms with van der Waals surface area (Å²) in [6.07, 6.45) is 0.367. The Kier molecular flexibility index (Phi) is 6.43. The maximum atomic E-state index is 12.9. The molecular weight excluding hydrogens is 476 g/mol. The van der Waals surface area contributed by atoms with Crippen molar-refractivity contribution in [1.82, 2.24) is 4.98 Å². The first-order valence-electron chi connectivity index (χ1n) is 11.6. The first-order valence-corrected chi connectivity index (χ1v) is 12.4. The van der Waals surface area contributed by atoms with Crippen LogP contribution in [0.1, 0.15) is 56.6 Å². The van der Waals surface area contributed by atoms with Crippen LogP contribution in [0.25, 0.3) is 10.2 Å². The molecule has 1 aliphatic carbocycles. The van der Waals surface area contributed by atoms with Gasteiger partial charge in [0.1, 0.15) is 0 Å². The highest BCUT2D eigenvalue weighted by molar-refractivity contribution is 7.18. The maximum Gasteiger partial charge on any atom is 0.306 e. The van der Waals surface area contributed by atoms with Crippen molar-refractivity contribution >= 4 is 50.7 Å². The number of ketones is 2. The molecule has 1 atom stereocenters. The third kappa shape index (κ3) is 4.67. The topological polar surface area (TPSA) is 102 Å². The predicted molar refractivity (Wildman–Crippen MR) is 136 cm³/mol. The molecule has 1 aliphatic rings. The SMILES string of the molecule is CC(OC(=O)CCCc1nc2ccccc2s1)C(=O)Nc1ccc2c(c1)C(=O)c1ccccc1C2=O. The summed E-state index contributed by atoms with van der Waals surface area (Å²) in [5.74, 6) is -1.50. The van der Waals surface area contributed by atoms with Crippen LogP contribution >= 0.6 is 11.3 Å². The third-order valence-electron chi connectivity index (χ3n) is 5.98. The summed E-state index contributed by atoms with van der Waals surface area (Å²) in [4.78, 5) is 55.0. The Morgan fingerprint density at radius 2 is 1.58 bits per heavy atom. The van der Waals surface area contributed by atoms with Crippen LogP contribution in [0.4, 0.5) is 5.69 Å². The second-order valence-electron chi connectivity index (χ2n) is 8.51. The Labute approximate surface area is 211 Å². The lowest BCUT2D eigenvalue weighted by atomic mass is 9.84. The van der Waals surface area contributed by atoms with Gasteiger partial charge < -0.3 is 10.1 Å². The molecule has 0 bridgehead atoms. The van der Waals surface area contributed by atoms with E-state index in [1.54, 1.807) is 41.7 Å². The van der Waals surface area contributed by atoms with Crippen LogP contribution in [0.15, 0.2) is 66.7 Å². The molecule has 8 heteroatoms. The van der Waals surface area contributed by atoms with Crippen LogP contribution in [0.3, 0.4) is 0 Å². The Balaban J connectivity index is 1.16. The molecule has 1 heterocycles. The van der Waals surface area contributed by atoms with E-state index >= 15 is 0 Å². The molecule has 7 nitrogen and oxygen atoms in total. The standard InChI is InChI=1S/C28H22N2O5S/c1-16(35-25(31)12-6-11-24-30-22-9-4-5-10-23(22)36-24)28(34)29-17-13-14-20-21(15-17)27(33)19-8-3-2-7-18(19)26(20)32/h2-5,7-10,13-16H,6,11-12H2,1H3,(H,29,34). The molecule has 3 aromatic carbocycles. The summed E-state index contributed by atoms with van der Waals surface area (Å²) in [5.41, 5.74) is 2.53. The van der Waals surface area contributed by atoms with E-state index in [1.807, 2.05) is 24.3 Å². The van der Waals surface area contributed by atoms with Crippen LogP contribution in [-0.2, 0) is 20.7 Å². The normalized spacial score (nSPS) is 13.1. The van der Waals surface area contributed by atoms with Crippen LogP contribution in [-0.4, -0.2) is 34.5 Å². The van der Waals surface area contributed by atoms with E-state index in [9.17, 15) is 19.2 Å². The Hall–Kier alpha value is -4.17. The van der Waals surface area contributed by atoms with E-state index in [-0.39, 0.29) is 23.6 Å². The van der Waals surface area contributed by atoms with Crippen molar-refractivity contribution in [3.05, 3.63) is 94.0 Å². The summed E-state index contributed by atoms with van der Waals surface area (Å²) in [7, 11) is 0. The van der Waals surface area contributed by atoms with Gasteiger partial charge >= 0.3 is 5.97 Å². The van der Waals surface area contributed by atoms with Crippen molar-refractivity contribution in [3.63, 3.8) is 0 Å². The van der Waals surface area contributed by atoms with Crippen LogP contribution in [0.2, 0.25) is 0 Å². The summed E-state index contributed by atoms with van der Waals surface area (Å²) < 4.78 is 6.40. The van der Waals surface area contributed by atoms with Gasteiger partial charge in [-0.2, -0.15) is 0 Å². The van der Waals surface area contributed by atoms with Gasteiger partial charge in [0.15, 0.2) is 17.7 Å². The number of nitrogens with zero attached hydrogens (tertiary/aromatic N) is 1. The van der Waals surface area contributed by atoms with E-state index in [2.05, 4.69) is 10.3 Å². The quantitative estimate of drug-likeness (QED) is 0.318. The number of rotatable bonds is 7. The predicted octanol–water partition coefficient (Wildman–Crippen LogP) is 4.96. The van der Waals surface area contributed by atoms with E-state index in [0.29, 0.717) is 35.2 Å². The number of carbonyl (C=O) groups excluding carboxylic acids is 4. The lowest BCUT2D eigenvalue weighted by Crippen LogP contribution is -2.30. The monoisotopic (exact) mass is 498 g/mol. The molecule has 1 aromatic heterocycles. The van der Waals surface area contributed by atoms with Gasteiger partial charge in [-0.25, -0.2) is 4.98 Å². The fourth-order valence-corrected chi connectivity index (χ4v) is 5.15. The molecule has 1 amide bonds. The Bertz CT molecular complexity index is 1490. The summed E-state index contributed by atoms with van der Waals surface area (Å²) in [5, 5.41) is 3.62. The summed E-state index contributed by atoms with van der Waals surface area (Å²) >= 11 is 1.60. The molecule has 36 heavy (non-hydrogen) atoms. The van der Waals surface area contributed by atoms with Crippen molar-refractivity contribution in [2.75, 3.05) is 5.32 Å². The highest BCUT2D eigenvalue weighted by Crippen LogP contribution is 2.29. The Morgan fingerprint density at radius 3 is 2.33 bits per heavy atom. The number of amides is 1. The zero-order valence-electron chi connectivity index (χ0n) is 19.4. The third-order valence-corrected chi connectivity index (χ3v) is 7.08. The summed E-state index contributed by atoms with van der Waals surface area (Å²) in [6.45, 7) is 1.49. The number of nitrogens with one attached hydrogen (secondary N) is 1. The molecule has 0 saturated heterocycles. The number of esters is 1. The first kappa shape index (κ1) is 23.6. The van der Waals surface area contributed by atoms with Gasteiger partial charge in [0.2, 0.25) is 0 Å². The molecule has 5 rings (SSSR count). The average Bonchev–Trinajstić information content (AvgIpc) is 3.30. The van der Waals surface area contributed by atoms with Gasteiger partial charge in [0.25, 0.3) is 5.91 Å². The number of aromatic nitrogens is 1. The van der Waals surface area contributed by atoms with Crippen molar-refractivity contribution in [2.24, 2.45) is 0 Å². The molecule has 4 aromatic rings. The van der Waals surface area contributed by atoms with Crippen LogP contribution in [0.5, 0.6) is 0 Å². The summed E-state index contributed by atoms with van der Waals surface area (Å²) in [6, 6.07) is 19.1. The number of aryl methyl sites for hydroxylation is 1. The maximum absolute atomic E-state index is 12.9. The lowest BCUT2D eigenvalue weighted by Gasteiger charge is -2.19. The largest absolute Gasteiger partial charge is 0.453 e. The number of fused-ring (bicyclic) bond motifs is 3. The number of carbonyl (C=O) groups is 4. The number of hydrogen-bond acceptors (Lipinski definition) is 7. The van der Waals surface area contributed by atoms with Crippen molar-refractivity contribution < 1.29 is 23.9 Å². The minimum Gasteiger partial charge on any atom is -0.453 e. The molecular formula is C28H22N2O5S. The van der Waals surface area contributed by atoms with Gasteiger partial charge in [-0.3, -0.25) is 19.2 Å². The van der Waals surface area contributed by atoms with Crippen molar-refractivity contribution in [2.45, 2.75) is 32.3 Å². The highest BCUT2D eigenvalue weighted by Gasteiger charge is 2.29. The molecule has 0 aliphatic heterocycles. The molecule has 1 N–H and O–H groups in total. The number of benzene rings is 3. The second-order valence-corrected chi connectivity index (χ2v) is 9.63. The van der Waals surface area contributed by atoms with Crippen molar-refractivity contribution in [3.8, 4) is 0 Å². The van der Waals surface area contributed by atoms with Crippen molar-refractivity contribution in [1.29, 1.82) is 0 Å². The number of ether oxygens (including phenoxy) is 1. The number of hydrogen-bond donors (Lipinski definition) is 1. The van der Waals surface area contributed by atoms with E-state index in [4.69, 9.17) is 4.74 Å². The zero-order valence-corrected chi connectivity index (χ0v) is 20.3. The highest BCUT2D eigenvalue weighted by atomic mass is 32.1. The van der Waals surface area contributed by atoms with Gasteiger partial charge in [-0.1, -0.05) is 36.4 Å². The van der Waals surface area contributed by atoms with Crippen LogP contribution < -0.4 is 5.32 Å². The number of thiazole rings is 1. The average molecular weight is 499 g/mol. The molecule has 0 radical (unpaired) electrons. The van der Waals surface area contributed by atoms with Gasteiger partial charge in [-0.05, 0) is 50.1 Å². The number of anilines is 1. The van der Waals surface area contributed by atoms with E-state index < -0.39 is 18.0 Å². The van der Waals surface area contributed by atoms with E-state index in [0.717, 1.165) is 15.2 Å². The number of para-hydroxylation sites is 1. The smallest absolute Gasteiger partial charge is 0.306 e. The molecule has 1 unspecified atom stereocenters. The fourth-order valence-electron chi connectivity index (χ4n) is 4.14. The second kappa shape index (κ2) is 9.83. The minimum absolute atomic E-state index is 0.169. The molecule has 0 spiro atoms.